The van der Waals surface area contributed by atoms with Gasteiger partial charge in [0.15, 0.2) is 11.5 Å². The molecule has 1 aromatic rings. The normalized spacial score (nSPS) is 14.0. The van der Waals surface area contributed by atoms with Crippen LogP contribution in [0.1, 0.15) is 33.1 Å². The van der Waals surface area contributed by atoms with E-state index in [4.69, 9.17) is 20.6 Å². The zero-order chi connectivity index (χ0) is 15.3. The number of unbranched alkanes of at least 4 members (excludes halogenated alkanes) is 1. The highest BCUT2D eigenvalue weighted by Crippen LogP contribution is 2.34. The Hall–Kier alpha value is -1.36. The molecule has 0 unspecified atom stereocenters. The second kappa shape index (κ2) is 7.07. The fourth-order valence-electron chi connectivity index (χ4n) is 2.11. The van der Waals surface area contributed by atoms with Gasteiger partial charge in [0.25, 0.3) is 0 Å². The summed E-state index contributed by atoms with van der Waals surface area (Å²) in [5.41, 5.74) is 5.41. The Balaban J connectivity index is 1.73. The average Bonchev–Trinajstić information content (AvgIpc) is 2.46. The fraction of sp³-hybridized carbons (Fsp3) is 0.562. The van der Waals surface area contributed by atoms with Crippen LogP contribution in [0.3, 0.4) is 0 Å². The summed E-state index contributed by atoms with van der Waals surface area (Å²) < 4.78 is 11.1. The maximum atomic E-state index is 7.55. The summed E-state index contributed by atoms with van der Waals surface area (Å²) >= 11 is 1.83. The zero-order valence-electron chi connectivity index (χ0n) is 12.8. The number of nitrogens with two attached hydrogens (primary N) is 1. The molecule has 0 aromatic heterocycles. The van der Waals surface area contributed by atoms with Crippen molar-refractivity contribution in [3.05, 3.63) is 18.2 Å². The van der Waals surface area contributed by atoms with Gasteiger partial charge in [-0.25, -0.2) is 0 Å². The molecule has 0 atom stereocenters. The molecule has 4 nitrogen and oxygen atoms in total. The highest BCUT2D eigenvalue weighted by Gasteiger charge is 2.20. The van der Waals surface area contributed by atoms with Gasteiger partial charge in [0.2, 0.25) is 0 Å². The average molecular weight is 308 g/mol. The van der Waals surface area contributed by atoms with Gasteiger partial charge in [-0.2, -0.15) is 0 Å². The second-order valence-corrected chi connectivity index (χ2v) is 7.08. The summed E-state index contributed by atoms with van der Waals surface area (Å²) in [6.45, 7) is 5.32. The summed E-state index contributed by atoms with van der Waals surface area (Å²) in [6.07, 6.45) is 3.17. The lowest BCUT2D eigenvalue weighted by atomic mass is 9.86. The molecule has 1 aromatic carbocycles. The van der Waals surface area contributed by atoms with Gasteiger partial charge < -0.3 is 15.2 Å². The molecule has 0 saturated heterocycles. The largest absolute Gasteiger partial charge is 0.486 e. The first kappa shape index (κ1) is 16.0. The van der Waals surface area contributed by atoms with Crippen LogP contribution in [-0.4, -0.2) is 24.8 Å². The van der Waals surface area contributed by atoms with Gasteiger partial charge in [-0.3, -0.25) is 5.41 Å². The summed E-state index contributed by atoms with van der Waals surface area (Å²) in [5.74, 6) is 3.04. The Labute approximate surface area is 130 Å². The molecule has 0 spiro atoms. The number of rotatable bonds is 7. The van der Waals surface area contributed by atoms with E-state index in [1.54, 1.807) is 0 Å². The summed E-state index contributed by atoms with van der Waals surface area (Å²) in [7, 11) is 0. The van der Waals surface area contributed by atoms with Crippen LogP contribution in [0, 0.1) is 10.8 Å². The van der Waals surface area contributed by atoms with Crippen molar-refractivity contribution in [1.82, 2.24) is 0 Å². The molecule has 0 bridgehead atoms. The van der Waals surface area contributed by atoms with Gasteiger partial charge in [0.1, 0.15) is 13.2 Å². The zero-order valence-corrected chi connectivity index (χ0v) is 13.6. The van der Waals surface area contributed by atoms with E-state index in [1.807, 2.05) is 31.7 Å². The minimum Gasteiger partial charge on any atom is -0.486 e. The van der Waals surface area contributed by atoms with Gasteiger partial charge in [0.05, 0.1) is 5.84 Å². The van der Waals surface area contributed by atoms with E-state index in [1.165, 1.54) is 4.90 Å². The molecule has 1 aliphatic heterocycles. The lowest BCUT2D eigenvalue weighted by molar-refractivity contribution is 0.171. The first-order valence-electron chi connectivity index (χ1n) is 7.36. The van der Waals surface area contributed by atoms with Gasteiger partial charge in [-0.1, -0.05) is 20.3 Å². The molecule has 0 fully saturated rings. The summed E-state index contributed by atoms with van der Waals surface area (Å²) in [4.78, 5) is 1.21. The molecule has 1 aliphatic rings. The van der Waals surface area contributed by atoms with Crippen LogP contribution in [-0.2, 0) is 0 Å². The molecule has 0 amide bonds. The Bertz CT molecular complexity index is 503. The predicted octanol–water partition coefficient (Wildman–Crippen LogP) is 3.68. The third-order valence-electron chi connectivity index (χ3n) is 3.71. The van der Waals surface area contributed by atoms with Crippen molar-refractivity contribution in [3.8, 4) is 11.5 Å². The second-order valence-electron chi connectivity index (χ2n) is 5.91. The smallest absolute Gasteiger partial charge is 0.162 e. The van der Waals surface area contributed by atoms with E-state index >= 15 is 0 Å². The van der Waals surface area contributed by atoms with Crippen LogP contribution in [0.5, 0.6) is 11.5 Å². The number of nitrogens with one attached hydrogen (secondary N) is 1. The third kappa shape index (κ3) is 4.56. The van der Waals surface area contributed by atoms with Crippen molar-refractivity contribution in [2.45, 2.75) is 38.0 Å². The molecule has 116 valence electrons. The van der Waals surface area contributed by atoms with E-state index in [0.717, 1.165) is 36.5 Å². The van der Waals surface area contributed by atoms with Crippen molar-refractivity contribution in [2.75, 3.05) is 19.0 Å². The number of hydrogen-bond donors (Lipinski definition) is 2. The Morgan fingerprint density at radius 3 is 2.67 bits per heavy atom. The molecule has 0 saturated carbocycles. The van der Waals surface area contributed by atoms with E-state index in [2.05, 4.69) is 12.1 Å². The highest BCUT2D eigenvalue weighted by atomic mass is 32.2. The van der Waals surface area contributed by atoms with Crippen LogP contribution < -0.4 is 15.2 Å². The summed E-state index contributed by atoms with van der Waals surface area (Å²) in [5, 5.41) is 7.55. The van der Waals surface area contributed by atoms with Crippen molar-refractivity contribution in [1.29, 1.82) is 5.41 Å². The highest BCUT2D eigenvalue weighted by molar-refractivity contribution is 7.99. The minimum absolute atomic E-state index is 0.179. The number of hydrogen-bond acceptors (Lipinski definition) is 4. The maximum Gasteiger partial charge on any atom is 0.162 e. The third-order valence-corrected chi connectivity index (χ3v) is 4.79. The van der Waals surface area contributed by atoms with Gasteiger partial charge in [-0.15, -0.1) is 11.8 Å². The molecule has 5 heteroatoms. The molecule has 0 radical (unpaired) electrons. The van der Waals surface area contributed by atoms with E-state index in [0.29, 0.717) is 13.2 Å². The van der Waals surface area contributed by atoms with Crippen LogP contribution in [0.4, 0.5) is 0 Å². The lowest BCUT2D eigenvalue weighted by Gasteiger charge is -2.22. The number of benzene rings is 1. The maximum absolute atomic E-state index is 7.55. The molecule has 0 aliphatic carbocycles. The summed E-state index contributed by atoms with van der Waals surface area (Å²) in [6, 6.07) is 6.12. The molecule has 1 heterocycles. The molecule has 3 N–H and O–H groups in total. The van der Waals surface area contributed by atoms with E-state index in [-0.39, 0.29) is 11.3 Å². The Morgan fingerprint density at radius 2 is 1.95 bits per heavy atom. The molecule has 2 rings (SSSR count). The van der Waals surface area contributed by atoms with Crippen LogP contribution in [0.25, 0.3) is 0 Å². The van der Waals surface area contributed by atoms with Gasteiger partial charge in [-0.05, 0) is 36.8 Å². The molecular formula is C16H24N2O2S. The fourth-order valence-corrected chi connectivity index (χ4v) is 3.05. The number of thioether (sulfide) groups is 1. The standard InChI is InChI=1S/C16H24N2O2S/c1-16(2,15(17)18)7-3-4-10-21-12-5-6-13-14(11-12)20-9-8-19-13/h5-6,11H,3-4,7-10H2,1-2H3,(H3,17,18). The van der Waals surface area contributed by atoms with Crippen molar-refractivity contribution < 1.29 is 9.47 Å². The minimum atomic E-state index is -0.179. The quantitative estimate of drug-likeness (QED) is 0.349. The number of fused-ring (bicyclic) bond motifs is 1. The van der Waals surface area contributed by atoms with Crippen LogP contribution >= 0.6 is 11.8 Å². The Morgan fingerprint density at radius 1 is 1.24 bits per heavy atom. The van der Waals surface area contributed by atoms with Crippen LogP contribution in [0.15, 0.2) is 23.1 Å². The molecule has 21 heavy (non-hydrogen) atoms. The van der Waals surface area contributed by atoms with Crippen molar-refractivity contribution in [2.24, 2.45) is 11.1 Å². The van der Waals surface area contributed by atoms with Crippen molar-refractivity contribution in [3.63, 3.8) is 0 Å². The first-order chi connectivity index (χ1) is 9.99. The lowest BCUT2D eigenvalue weighted by Crippen LogP contribution is -2.30. The number of amidine groups is 1. The first-order valence-corrected chi connectivity index (χ1v) is 8.34. The Kier molecular flexibility index (Phi) is 5.39. The van der Waals surface area contributed by atoms with Crippen molar-refractivity contribution >= 4 is 17.6 Å². The monoisotopic (exact) mass is 308 g/mol. The van der Waals surface area contributed by atoms with E-state index < -0.39 is 0 Å². The SMILES string of the molecule is CC(C)(CCCCSc1ccc2c(c1)OCCO2)C(=N)N. The molecular weight excluding hydrogens is 284 g/mol. The van der Waals surface area contributed by atoms with E-state index in [9.17, 15) is 0 Å². The number of ether oxygens (including phenoxy) is 2. The predicted molar refractivity (Wildman–Crippen MR) is 87.7 cm³/mol. The topological polar surface area (TPSA) is 68.3 Å². The van der Waals surface area contributed by atoms with Gasteiger partial charge in [0, 0.05) is 10.3 Å². The van der Waals surface area contributed by atoms with Crippen LogP contribution in [0.2, 0.25) is 0 Å². The van der Waals surface area contributed by atoms with Gasteiger partial charge >= 0.3 is 0 Å².